The second kappa shape index (κ2) is 4.52. The smallest absolute Gasteiger partial charge is 0.167 e. The Balaban J connectivity index is 3.98. The highest BCUT2D eigenvalue weighted by atomic mass is 16.6. The standard InChI is InChI=1S/C9H18O2/c1-5-7-11-9(10,6-2)8(3)4/h5,8,10H,1,6-7H2,2-4H3. The molecule has 0 heterocycles. The van der Waals surface area contributed by atoms with Crippen molar-refractivity contribution in [2.45, 2.75) is 33.0 Å². The van der Waals surface area contributed by atoms with Gasteiger partial charge >= 0.3 is 0 Å². The third-order valence-corrected chi connectivity index (χ3v) is 1.86. The van der Waals surface area contributed by atoms with Crippen LogP contribution in [0.2, 0.25) is 0 Å². The average molecular weight is 158 g/mol. The molecule has 0 aromatic heterocycles. The molecule has 0 bridgehead atoms. The zero-order valence-corrected chi connectivity index (χ0v) is 7.63. The fraction of sp³-hybridized carbons (Fsp3) is 0.778. The van der Waals surface area contributed by atoms with Crippen LogP contribution in [-0.2, 0) is 4.74 Å². The molecule has 66 valence electrons. The predicted octanol–water partition coefficient (Wildman–Crippen LogP) is 1.94. The normalized spacial score (nSPS) is 16.5. The molecule has 0 aliphatic heterocycles. The van der Waals surface area contributed by atoms with E-state index >= 15 is 0 Å². The molecule has 0 aliphatic rings. The third-order valence-electron chi connectivity index (χ3n) is 1.86. The van der Waals surface area contributed by atoms with E-state index < -0.39 is 5.79 Å². The van der Waals surface area contributed by atoms with E-state index in [1.54, 1.807) is 6.08 Å². The lowest BCUT2D eigenvalue weighted by molar-refractivity contribution is -0.225. The van der Waals surface area contributed by atoms with Gasteiger partial charge < -0.3 is 9.84 Å². The summed E-state index contributed by atoms with van der Waals surface area (Å²) in [6.07, 6.45) is 2.25. The van der Waals surface area contributed by atoms with Gasteiger partial charge in [0.15, 0.2) is 5.79 Å². The lowest BCUT2D eigenvalue weighted by Crippen LogP contribution is -2.37. The van der Waals surface area contributed by atoms with E-state index in [4.69, 9.17) is 4.74 Å². The van der Waals surface area contributed by atoms with Gasteiger partial charge in [-0.1, -0.05) is 26.8 Å². The van der Waals surface area contributed by atoms with Crippen molar-refractivity contribution in [1.29, 1.82) is 0 Å². The fourth-order valence-corrected chi connectivity index (χ4v) is 0.880. The minimum absolute atomic E-state index is 0.118. The zero-order chi connectivity index (χ0) is 8.91. The van der Waals surface area contributed by atoms with E-state index in [2.05, 4.69) is 6.58 Å². The predicted molar refractivity (Wildman–Crippen MR) is 46.2 cm³/mol. The van der Waals surface area contributed by atoms with Crippen LogP contribution in [0, 0.1) is 5.92 Å². The van der Waals surface area contributed by atoms with E-state index in [1.807, 2.05) is 20.8 Å². The molecule has 1 unspecified atom stereocenters. The Labute approximate surface area is 68.9 Å². The number of ether oxygens (including phenoxy) is 1. The summed E-state index contributed by atoms with van der Waals surface area (Å²) in [4.78, 5) is 0. The number of hydrogen-bond donors (Lipinski definition) is 1. The van der Waals surface area contributed by atoms with Crippen molar-refractivity contribution in [1.82, 2.24) is 0 Å². The summed E-state index contributed by atoms with van der Waals surface area (Å²) < 4.78 is 5.23. The molecule has 0 spiro atoms. The SMILES string of the molecule is C=CCOC(O)(CC)C(C)C. The lowest BCUT2D eigenvalue weighted by atomic mass is 10.0. The van der Waals surface area contributed by atoms with Crippen molar-refractivity contribution in [2.75, 3.05) is 6.61 Å². The largest absolute Gasteiger partial charge is 0.365 e. The minimum Gasteiger partial charge on any atom is -0.365 e. The Morgan fingerprint density at radius 1 is 1.64 bits per heavy atom. The minimum atomic E-state index is -0.978. The summed E-state index contributed by atoms with van der Waals surface area (Å²) in [6.45, 7) is 9.71. The molecule has 1 atom stereocenters. The van der Waals surface area contributed by atoms with Crippen LogP contribution in [0.1, 0.15) is 27.2 Å². The third kappa shape index (κ3) is 3.04. The van der Waals surface area contributed by atoms with Crippen LogP contribution in [0.25, 0.3) is 0 Å². The molecule has 0 amide bonds. The Kier molecular flexibility index (Phi) is 4.38. The molecule has 11 heavy (non-hydrogen) atoms. The van der Waals surface area contributed by atoms with Gasteiger partial charge in [-0.25, -0.2) is 0 Å². The fourth-order valence-electron chi connectivity index (χ4n) is 0.880. The lowest BCUT2D eigenvalue weighted by Gasteiger charge is -2.30. The van der Waals surface area contributed by atoms with Crippen LogP contribution >= 0.6 is 0 Å². The number of hydrogen-bond acceptors (Lipinski definition) is 2. The summed E-state index contributed by atoms with van der Waals surface area (Å²) in [5.41, 5.74) is 0. The van der Waals surface area contributed by atoms with Gasteiger partial charge in [-0.2, -0.15) is 0 Å². The molecule has 2 nitrogen and oxygen atoms in total. The van der Waals surface area contributed by atoms with E-state index in [0.29, 0.717) is 13.0 Å². The summed E-state index contributed by atoms with van der Waals surface area (Å²) in [5, 5.41) is 9.76. The van der Waals surface area contributed by atoms with Crippen LogP contribution in [0.4, 0.5) is 0 Å². The first-order valence-corrected chi connectivity index (χ1v) is 4.04. The van der Waals surface area contributed by atoms with Gasteiger partial charge in [-0.05, 0) is 6.42 Å². The maximum Gasteiger partial charge on any atom is 0.167 e. The number of aliphatic hydroxyl groups is 1. The van der Waals surface area contributed by atoms with Crippen molar-refractivity contribution >= 4 is 0 Å². The Bertz CT molecular complexity index is 121. The summed E-state index contributed by atoms with van der Waals surface area (Å²) in [7, 11) is 0. The van der Waals surface area contributed by atoms with Crippen molar-refractivity contribution in [3.05, 3.63) is 12.7 Å². The molecule has 0 aromatic rings. The molecule has 0 aromatic carbocycles. The maximum atomic E-state index is 9.76. The molecule has 0 rings (SSSR count). The van der Waals surface area contributed by atoms with Crippen molar-refractivity contribution in [3.8, 4) is 0 Å². The van der Waals surface area contributed by atoms with Gasteiger partial charge in [0, 0.05) is 5.92 Å². The van der Waals surface area contributed by atoms with E-state index in [-0.39, 0.29) is 5.92 Å². The van der Waals surface area contributed by atoms with E-state index in [1.165, 1.54) is 0 Å². The van der Waals surface area contributed by atoms with E-state index in [0.717, 1.165) is 0 Å². The van der Waals surface area contributed by atoms with Crippen molar-refractivity contribution in [3.63, 3.8) is 0 Å². The van der Waals surface area contributed by atoms with E-state index in [9.17, 15) is 5.11 Å². The topological polar surface area (TPSA) is 29.5 Å². The molecule has 0 saturated heterocycles. The quantitative estimate of drug-likeness (QED) is 0.489. The van der Waals surface area contributed by atoms with Crippen LogP contribution < -0.4 is 0 Å². The molecule has 1 N–H and O–H groups in total. The molecular weight excluding hydrogens is 140 g/mol. The summed E-state index contributed by atoms with van der Waals surface area (Å²) >= 11 is 0. The second-order valence-corrected chi connectivity index (χ2v) is 2.95. The maximum absolute atomic E-state index is 9.76. The van der Waals surface area contributed by atoms with Gasteiger partial charge in [0.05, 0.1) is 6.61 Å². The van der Waals surface area contributed by atoms with Crippen LogP contribution in [0.15, 0.2) is 12.7 Å². The van der Waals surface area contributed by atoms with Crippen molar-refractivity contribution in [2.24, 2.45) is 5.92 Å². The number of rotatable bonds is 5. The van der Waals surface area contributed by atoms with Crippen LogP contribution in [0.5, 0.6) is 0 Å². The van der Waals surface area contributed by atoms with Gasteiger partial charge in [-0.15, -0.1) is 6.58 Å². The Morgan fingerprint density at radius 3 is 2.45 bits per heavy atom. The Morgan fingerprint density at radius 2 is 2.18 bits per heavy atom. The second-order valence-electron chi connectivity index (χ2n) is 2.95. The summed E-state index contributed by atoms with van der Waals surface area (Å²) in [5.74, 6) is -0.860. The molecular formula is C9H18O2. The first-order valence-electron chi connectivity index (χ1n) is 4.04. The van der Waals surface area contributed by atoms with Crippen LogP contribution in [-0.4, -0.2) is 17.5 Å². The highest BCUT2D eigenvalue weighted by molar-refractivity contribution is 4.73. The zero-order valence-electron chi connectivity index (χ0n) is 7.63. The first kappa shape index (κ1) is 10.7. The van der Waals surface area contributed by atoms with Gasteiger partial charge in [0.25, 0.3) is 0 Å². The highest BCUT2D eigenvalue weighted by Gasteiger charge is 2.28. The van der Waals surface area contributed by atoms with Crippen molar-refractivity contribution < 1.29 is 9.84 Å². The van der Waals surface area contributed by atoms with Gasteiger partial charge in [-0.3, -0.25) is 0 Å². The first-order chi connectivity index (χ1) is 5.06. The molecule has 0 fully saturated rings. The molecule has 0 saturated carbocycles. The monoisotopic (exact) mass is 158 g/mol. The molecule has 0 radical (unpaired) electrons. The molecule has 2 heteroatoms. The average Bonchev–Trinajstić information content (AvgIpc) is 2.00. The van der Waals surface area contributed by atoms with Gasteiger partial charge in [0.1, 0.15) is 0 Å². The summed E-state index contributed by atoms with van der Waals surface area (Å²) in [6, 6.07) is 0. The Hall–Kier alpha value is -0.340. The molecule has 0 aliphatic carbocycles. The van der Waals surface area contributed by atoms with Crippen LogP contribution in [0.3, 0.4) is 0 Å². The van der Waals surface area contributed by atoms with Gasteiger partial charge in [0.2, 0.25) is 0 Å². The highest BCUT2D eigenvalue weighted by Crippen LogP contribution is 2.21.